The molecule has 1 aromatic carbocycles. The summed E-state index contributed by atoms with van der Waals surface area (Å²) in [5.41, 5.74) is 0.802. The second-order valence-corrected chi connectivity index (χ2v) is 5.21. The molecule has 0 amide bonds. The van der Waals surface area contributed by atoms with Crippen LogP contribution in [0.3, 0.4) is 0 Å². The summed E-state index contributed by atoms with van der Waals surface area (Å²) in [5.74, 6) is -1.61. The minimum absolute atomic E-state index is 0.0781. The van der Waals surface area contributed by atoms with Crippen molar-refractivity contribution in [3.63, 3.8) is 0 Å². The Balaban J connectivity index is 2.93. The molecular formula is C14H20BrF2N. The van der Waals surface area contributed by atoms with Crippen molar-refractivity contribution in [1.29, 1.82) is 0 Å². The first-order valence-electron chi connectivity index (χ1n) is 6.48. The minimum Gasteiger partial charge on any atom is -0.310 e. The highest BCUT2D eigenvalue weighted by Crippen LogP contribution is 2.30. The Labute approximate surface area is 116 Å². The zero-order valence-electron chi connectivity index (χ0n) is 10.9. The number of hydrogen-bond donors (Lipinski definition) is 1. The highest BCUT2D eigenvalue weighted by atomic mass is 79.9. The molecule has 1 N–H and O–H groups in total. The van der Waals surface area contributed by atoms with E-state index in [1.807, 2.05) is 0 Å². The molecule has 0 saturated heterocycles. The molecule has 0 saturated carbocycles. The van der Waals surface area contributed by atoms with E-state index in [9.17, 15) is 8.78 Å². The molecule has 0 aliphatic carbocycles. The van der Waals surface area contributed by atoms with E-state index in [0.717, 1.165) is 37.8 Å². The molecule has 1 rings (SSSR count). The topological polar surface area (TPSA) is 12.0 Å². The van der Waals surface area contributed by atoms with Gasteiger partial charge >= 0.3 is 0 Å². The van der Waals surface area contributed by atoms with Gasteiger partial charge in [-0.25, -0.2) is 8.78 Å². The van der Waals surface area contributed by atoms with Crippen molar-refractivity contribution < 1.29 is 8.78 Å². The van der Waals surface area contributed by atoms with E-state index >= 15 is 0 Å². The lowest BCUT2D eigenvalue weighted by Crippen LogP contribution is -2.22. The Morgan fingerprint density at radius 3 is 2.56 bits per heavy atom. The van der Waals surface area contributed by atoms with Crippen LogP contribution in [0, 0.1) is 11.6 Å². The number of rotatable bonds is 7. The second kappa shape index (κ2) is 7.85. The molecule has 0 aliphatic rings. The molecule has 102 valence electrons. The van der Waals surface area contributed by atoms with Gasteiger partial charge in [0.05, 0.1) is 4.47 Å². The van der Waals surface area contributed by atoms with Gasteiger partial charge in [-0.1, -0.05) is 32.8 Å². The van der Waals surface area contributed by atoms with Gasteiger partial charge in [0.1, 0.15) is 0 Å². The Kier molecular flexibility index (Phi) is 6.79. The summed E-state index contributed by atoms with van der Waals surface area (Å²) in [6.07, 6.45) is 4.10. The van der Waals surface area contributed by atoms with Gasteiger partial charge in [0, 0.05) is 6.04 Å². The Bertz CT molecular complexity index is 374. The molecule has 18 heavy (non-hydrogen) atoms. The van der Waals surface area contributed by atoms with Crippen molar-refractivity contribution in [3.8, 4) is 0 Å². The summed E-state index contributed by atoms with van der Waals surface area (Å²) in [6, 6.07) is 2.93. The first kappa shape index (κ1) is 15.6. The SMILES string of the molecule is CCCCC(NCCC)c1ccc(F)c(F)c1Br. The number of nitrogens with one attached hydrogen (secondary N) is 1. The predicted octanol–water partition coefficient (Wildman–Crippen LogP) is 4.96. The van der Waals surface area contributed by atoms with Gasteiger partial charge in [0.25, 0.3) is 0 Å². The molecule has 0 fully saturated rings. The number of unbranched alkanes of at least 4 members (excludes halogenated alkanes) is 1. The summed E-state index contributed by atoms with van der Waals surface area (Å²) < 4.78 is 26.9. The van der Waals surface area contributed by atoms with Crippen LogP contribution in [-0.2, 0) is 0 Å². The summed E-state index contributed by atoms with van der Waals surface area (Å²) in [6.45, 7) is 5.08. The van der Waals surface area contributed by atoms with Gasteiger partial charge < -0.3 is 5.32 Å². The first-order valence-corrected chi connectivity index (χ1v) is 7.27. The van der Waals surface area contributed by atoms with Gasteiger partial charge in [-0.15, -0.1) is 0 Å². The normalized spacial score (nSPS) is 12.7. The lowest BCUT2D eigenvalue weighted by Gasteiger charge is -2.20. The van der Waals surface area contributed by atoms with E-state index in [1.54, 1.807) is 6.07 Å². The highest BCUT2D eigenvalue weighted by molar-refractivity contribution is 9.10. The molecule has 0 aliphatic heterocycles. The molecular weight excluding hydrogens is 300 g/mol. The van der Waals surface area contributed by atoms with Crippen LogP contribution in [0.25, 0.3) is 0 Å². The lowest BCUT2D eigenvalue weighted by atomic mass is 10.0. The number of benzene rings is 1. The third-order valence-corrected chi connectivity index (χ3v) is 3.73. The van der Waals surface area contributed by atoms with E-state index in [2.05, 4.69) is 35.1 Å². The van der Waals surface area contributed by atoms with E-state index in [0.29, 0.717) is 0 Å². The van der Waals surface area contributed by atoms with Crippen molar-refractivity contribution in [1.82, 2.24) is 5.32 Å². The van der Waals surface area contributed by atoms with Crippen LogP contribution in [0.4, 0.5) is 8.78 Å². The molecule has 0 radical (unpaired) electrons. The summed E-state index contributed by atoms with van der Waals surface area (Å²) in [5, 5.41) is 3.39. The maximum atomic E-state index is 13.5. The average Bonchev–Trinajstić information content (AvgIpc) is 2.37. The third-order valence-electron chi connectivity index (χ3n) is 2.93. The van der Waals surface area contributed by atoms with Crippen molar-refractivity contribution in [2.24, 2.45) is 0 Å². The molecule has 0 aromatic heterocycles. The second-order valence-electron chi connectivity index (χ2n) is 4.41. The quantitative estimate of drug-likeness (QED) is 0.700. The molecule has 0 bridgehead atoms. The van der Waals surface area contributed by atoms with Gasteiger partial charge in [-0.2, -0.15) is 0 Å². The fraction of sp³-hybridized carbons (Fsp3) is 0.571. The predicted molar refractivity (Wildman–Crippen MR) is 74.6 cm³/mol. The highest BCUT2D eigenvalue weighted by Gasteiger charge is 2.18. The van der Waals surface area contributed by atoms with Crippen LogP contribution < -0.4 is 5.32 Å². The van der Waals surface area contributed by atoms with Gasteiger partial charge in [-0.3, -0.25) is 0 Å². The maximum Gasteiger partial charge on any atom is 0.173 e. The Hall–Kier alpha value is -0.480. The largest absolute Gasteiger partial charge is 0.310 e. The molecule has 1 nitrogen and oxygen atoms in total. The zero-order chi connectivity index (χ0) is 13.5. The number of halogens is 3. The molecule has 0 heterocycles. The van der Waals surface area contributed by atoms with Crippen molar-refractivity contribution >= 4 is 15.9 Å². The van der Waals surface area contributed by atoms with Crippen molar-refractivity contribution in [3.05, 3.63) is 33.8 Å². The van der Waals surface area contributed by atoms with Crippen LogP contribution in [0.1, 0.15) is 51.1 Å². The Morgan fingerprint density at radius 1 is 1.22 bits per heavy atom. The Morgan fingerprint density at radius 2 is 1.94 bits per heavy atom. The lowest BCUT2D eigenvalue weighted by molar-refractivity contribution is 0.465. The molecule has 1 unspecified atom stereocenters. The fourth-order valence-corrected chi connectivity index (χ4v) is 2.50. The maximum absolute atomic E-state index is 13.5. The van der Waals surface area contributed by atoms with Crippen LogP contribution in [0.2, 0.25) is 0 Å². The fourth-order valence-electron chi connectivity index (χ4n) is 1.90. The van der Waals surface area contributed by atoms with Crippen LogP contribution in [0.5, 0.6) is 0 Å². The van der Waals surface area contributed by atoms with Crippen molar-refractivity contribution in [2.45, 2.75) is 45.6 Å². The molecule has 4 heteroatoms. The van der Waals surface area contributed by atoms with Gasteiger partial charge in [0.2, 0.25) is 0 Å². The van der Waals surface area contributed by atoms with E-state index in [-0.39, 0.29) is 10.5 Å². The zero-order valence-corrected chi connectivity index (χ0v) is 12.5. The summed E-state index contributed by atoms with van der Waals surface area (Å²) in [7, 11) is 0. The third kappa shape index (κ3) is 4.02. The number of hydrogen-bond acceptors (Lipinski definition) is 1. The van der Waals surface area contributed by atoms with Crippen LogP contribution in [-0.4, -0.2) is 6.54 Å². The summed E-state index contributed by atoms with van der Waals surface area (Å²) in [4.78, 5) is 0. The molecule has 1 aromatic rings. The molecule has 0 spiro atoms. The van der Waals surface area contributed by atoms with Crippen LogP contribution in [0.15, 0.2) is 16.6 Å². The first-order chi connectivity index (χ1) is 8.61. The smallest absolute Gasteiger partial charge is 0.173 e. The monoisotopic (exact) mass is 319 g/mol. The van der Waals surface area contributed by atoms with Gasteiger partial charge in [-0.05, 0) is 46.9 Å². The van der Waals surface area contributed by atoms with E-state index in [1.165, 1.54) is 6.07 Å². The average molecular weight is 320 g/mol. The minimum atomic E-state index is -0.810. The van der Waals surface area contributed by atoms with Gasteiger partial charge in [0.15, 0.2) is 11.6 Å². The molecule has 1 atom stereocenters. The van der Waals surface area contributed by atoms with E-state index < -0.39 is 11.6 Å². The van der Waals surface area contributed by atoms with Crippen LogP contribution >= 0.6 is 15.9 Å². The van der Waals surface area contributed by atoms with Crippen molar-refractivity contribution in [2.75, 3.05) is 6.54 Å². The standard InChI is InChI=1S/C14H20BrF2N/c1-3-5-6-12(18-9-4-2)10-7-8-11(16)14(17)13(10)15/h7-8,12,18H,3-6,9H2,1-2H3. The summed E-state index contributed by atoms with van der Waals surface area (Å²) >= 11 is 3.16. The van der Waals surface area contributed by atoms with E-state index in [4.69, 9.17) is 0 Å².